The standard InChI is InChI=1S/C30H21IN2O4/c31-23-15-11-22(12-16-23)20-37-26-17-13-21(14-18-26)19-27-28(34)32(24-7-3-1-4-8-24)30(36)33(29(27)35)25-9-5-2-6-10-25/h1-19H,20H2. The number of benzene rings is 4. The molecule has 0 radical (unpaired) electrons. The van der Waals surface area contributed by atoms with Crippen molar-refractivity contribution in [3.8, 4) is 5.75 Å². The molecular weight excluding hydrogens is 579 g/mol. The maximum atomic E-state index is 13.4. The second-order valence-corrected chi connectivity index (χ2v) is 9.52. The number of hydrogen-bond donors (Lipinski definition) is 0. The highest BCUT2D eigenvalue weighted by molar-refractivity contribution is 14.1. The number of nitrogens with zero attached hydrogens (tertiary/aromatic N) is 2. The van der Waals surface area contributed by atoms with Crippen LogP contribution in [0.1, 0.15) is 11.1 Å². The fourth-order valence-corrected chi connectivity index (χ4v) is 4.27. The second kappa shape index (κ2) is 10.8. The van der Waals surface area contributed by atoms with E-state index >= 15 is 0 Å². The summed E-state index contributed by atoms with van der Waals surface area (Å²) in [5.41, 5.74) is 2.34. The number of urea groups is 1. The summed E-state index contributed by atoms with van der Waals surface area (Å²) >= 11 is 2.26. The van der Waals surface area contributed by atoms with Crippen molar-refractivity contribution in [2.75, 3.05) is 9.80 Å². The lowest BCUT2D eigenvalue weighted by Gasteiger charge is -2.33. The molecule has 1 aliphatic heterocycles. The highest BCUT2D eigenvalue weighted by atomic mass is 127. The Bertz CT molecular complexity index is 1400. The molecule has 37 heavy (non-hydrogen) atoms. The van der Waals surface area contributed by atoms with Crippen LogP contribution in [-0.4, -0.2) is 17.8 Å². The number of anilines is 2. The number of barbiturate groups is 1. The lowest BCUT2D eigenvalue weighted by atomic mass is 10.0. The Labute approximate surface area is 227 Å². The number of amides is 4. The first-order valence-corrected chi connectivity index (χ1v) is 12.6. The number of ether oxygens (including phenoxy) is 1. The van der Waals surface area contributed by atoms with Crippen molar-refractivity contribution in [3.63, 3.8) is 0 Å². The van der Waals surface area contributed by atoms with E-state index in [0.29, 0.717) is 29.3 Å². The third-order valence-electron chi connectivity index (χ3n) is 5.79. The third-order valence-corrected chi connectivity index (χ3v) is 6.51. The van der Waals surface area contributed by atoms with E-state index < -0.39 is 17.8 Å². The molecule has 1 fully saturated rings. The molecule has 0 spiro atoms. The Hall–Kier alpha value is -4.24. The molecule has 0 atom stereocenters. The fraction of sp³-hybridized carbons (Fsp3) is 0.0333. The van der Waals surface area contributed by atoms with E-state index in [-0.39, 0.29) is 5.57 Å². The summed E-state index contributed by atoms with van der Waals surface area (Å²) in [6.07, 6.45) is 1.51. The number of halogens is 1. The maximum Gasteiger partial charge on any atom is 0.343 e. The van der Waals surface area contributed by atoms with E-state index in [9.17, 15) is 14.4 Å². The highest BCUT2D eigenvalue weighted by Crippen LogP contribution is 2.29. The normalized spacial score (nSPS) is 13.6. The van der Waals surface area contributed by atoms with Gasteiger partial charge in [-0.3, -0.25) is 9.59 Å². The van der Waals surface area contributed by atoms with Crippen molar-refractivity contribution in [2.45, 2.75) is 6.61 Å². The first kappa shape index (κ1) is 24.5. The first-order chi connectivity index (χ1) is 18.0. The van der Waals surface area contributed by atoms with Crippen molar-refractivity contribution >= 4 is 57.9 Å². The number of para-hydroxylation sites is 2. The van der Waals surface area contributed by atoms with Gasteiger partial charge in [0, 0.05) is 3.57 Å². The molecule has 182 valence electrons. The maximum absolute atomic E-state index is 13.4. The summed E-state index contributed by atoms with van der Waals surface area (Å²) in [5.74, 6) is -0.686. The largest absolute Gasteiger partial charge is 0.489 e. The molecule has 1 saturated heterocycles. The zero-order valence-electron chi connectivity index (χ0n) is 19.6. The van der Waals surface area contributed by atoms with Crippen LogP contribution in [0.3, 0.4) is 0 Å². The van der Waals surface area contributed by atoms with Gasteiger partial charge < -0.3 is 4.74 Å². The third kappa shape index (κ3) is 5.31. The van der Waals surface area contributed by atoms with Gasteiger partial charge in [0.1, 0.15) is 17.9 Å². The van der Waals surface area contributed by atoms with Crippen molar-refractivity contribution in [1.29, 1.82) is 0 Å². The molecule has 0 saturated carbocycles. The van der Waals surface area contributed by atoms with E-state index in [2.05, 4.69) is 22.6 Å². The van der Waals surface area contributed by atoms with Crippen molar-refractivity contribution in [2.24, 2.45) is 0 Å². The molecule has 0 aliphatic carbocycles. The van der Waals surface area contributed by atoms with Crippen LogP contribution in [0.2, 0.25) is 0 Å². The van der Waals surface area contributed by atoms with Crippen LogP contribution in [0, 0.1) is 3.57 Å². The van der Waals surface area contributed by atoms with Crippen LogP contribution in [0.5, 0.6) is 5.75 Å². The van der Waals surface area contributed by atoms with E-state index in [1.165, 1.54) is 6.08 Å². The van der Waals surface area contributed by atoms with Gasteiger partial charge in [-0.2, -0.15) is 0 Å². The van der Waals surface area contributed by atoms with Crippen LogP contribution < -0.4 is 14.5 Å². The molecule has 6 nitrogen and oxygen atoms in total. The van der Waals surface area contributed by atoms with Crippen molar-refractivity contribution in [1.82, 2.24) is 0 Å². The van der Waals surface area contributed by atoms with Crippen LogP contribution >= 0.6 is 22.6 Å². The Morgan fingerprint density at radius 2 is 1.16 bits per heavy atom. The molecule has 0 bridgehead atoms. The predicted molar refractivity (Wildman–Crippen MR) is 151 cm³/mol. The summed E-state index contributed by atoms with van der Waals surface area (Å²) in [7, 11) is 0. The quantitative estimate of drug-likeness (QED) is 0.145. The number of hydrogen-bond acceptors (Lipinski definition) is 4. The second-order valence-electron chi connectivity index (χ2n) is 8.28. The molecule has 0 aromatic heterocycles. The molecule has 0 N–H and O–H groups in total. The molecule has 0 unspecified atom stereocenters. The topological polar surface area (TPSA) is 66.9 Å². The van der Waals surface area contributed by atoms with E-state index in [1.54, 1.807) is 84.9 Å². The first-order valence-electron chi connectivity index (χ1n) is 11.5. The zero-order valence-corrected chi connectivity index (χ0v) is 21.7. The average molecular weight is 600 g/mol. The van der Waals surface area contributed by atoms with Gasteiger partial charge in [-0.05, 0) is 88.3 Å². The summed E-state index contributed by atoms with van der Waals surface area (Å²) < 4.78 is 7.02. The van der Waals surface area contributed by atoms with Gasteiger partial charge in [0.05, 0.1) is 11.4 Å². The number of carbonyl (C=O) groups is 3. The number of rotatable bonds is 6. The van der Waals surface area contributed by atoms with Gasteiger partial charge >= 0.3 is 6.03 Å². The molecule has 4 aromatic carbocycles. The monoisotopic (exact) mass is 600 g/mol. The zero-order chi connectivity index (χ0) is 25.8. The van der Waals surface area contributed by atoms with Crippen molar-refractivity contribution < 1.29 is 19.1 Å². The lowest BCUT2D eigenvalue weighted by molar-refractivity contribution is -0.121. The smallest absolute Gasteiger partial charge is 0.343 e. The molecule has 5 rings (SSSR count). The van der Waals surface area contributed by atoms with Gasteiger partial charge in [0.25, 0.3) is 11.8 Å². The molecular formula is C30H21IN2O4. The average Bonchev–Trinajstić information content (AvgIpc) is 2.93. The van der Waals surface area contributed by atoms with Gasteiger partial charge in [-0.15, -0.1) is 0 Å². The molecule has 7 heteroatoms. The summed E-state index contributed by atoms with van der Waals surface area (Å²) in [4.78, 5) is 42.3. The van der Waals surface area contributed by atoms with Crippen LogP contribution in [0.4, 0.5) is 16.2 Å². The van der Waals surface area contributed by atoms with Gasteiger partial charge in [-0.25, -0.2) is 14.6 Å². The summed E-state index contributed by atoms with van der Waals surface area (Å²) in [6, 6.07) is 31.6. The summed E-state index contributed by atoms with van der Waals surface area (Å²) in [5, 5.41) is 0. The van der Waals surface area contributed by atoms with Gasteiger partial charge in [0.2, 0.25) is 0 Å². The van der Waals surface area contributed by atoms with Crippen LogP contribution in [0.25, 0.3) is 6.08 Å². The van der Waals surface area contributed by atoms with E-state index in [1.807, 2.05) is 24.3 Å². The molecule has 4 aromatic rings. The molecule has 1 heterocycles. The SMILES string of the molecule is O=C1C(=Cc2ccc(OCc3ccc(I)cc3)cc2)C(=O)N(c2ccccc2)C(=O)N1c1ccccc1. The lowest BCUT2D eigenvalue weighted by Crippen LogP contribution is -2.57. The molecule has 1 aliphatic rings. The fourth-order valence-electron chi connectivity index (χ4n) is 3.91. The Morgan fingerprint density at radius 3 is 1.68 bits per heavy atom. The minimum Gasteiger partial charge on any atom is -0.489 e. The van der Waals surface area contributed by atoms with Crippen LogP contribution in [0.15, 0.2) is 115 Å². The minimum atomic E-state index is -0.719. The van der Waals surface area contributed by atoms with Gasteiger partial charge in [-0.1, -0.05) is 60.7 Å². The number of carbonyl (C=O) groups excluding carboxylic acids is 3. The highest BCUT2D eigenvalue weighted by Gasteiger charge is 2.43. The number of imide groups is 2. The van der Waals surface area contributed by atoms with E-state index in [4.69, 9.17) is 4.74 Å². The van der Waals surface area contributed by atoms with Crippen LogP contribution in [-0.2, 0) is 16.2 Å². The Kier molecular flexibility index (Phi) is 7.14. The molecule has 4 amide bonds. The summed E-state index contributed by atoms with van der Waals surface area (Å²) in [6.45, 7) is 0.425. The predicted octanol–water partition coefficient (Wildman–Crippen LogP) is 6.45. The van der Waals surface area contributed by atoms with Gasteiger partial charge in [0.15, 0.2) is 0 Å². The minimum absolute atomic E-state index is 0.111. The Morgan fingerprint density at radius 1 is 0.649 bits per heavy atom. The van der Waals surface area contributed by atoms with E-state index in [0.717, 1.165) is 18.9 Å². The Balaban J connectivity index is 1.44. The van der Waals surface area contributed by atoms with Crippen molar-refractivity contribution in [3.05, 3.63) is 129 Å².